The summed E-state index contributed by atoms with van der Waals surface area (Å²) in [6.45, 7) is 5.40. The molecule has 1 saturated heterocycles. The zero-order valence-electron chi connectivity index (χ0n) is 23.1. The number of carbonyl (C=O) groups is 1. The van der Waals surface area contributed by atoms with Gasteiger partial charge in [-0.05, 0) is 56.5 Å². The largest absolute Gasteiger partial charge is 0.377 e. The van der Waals surface area contributed by atoms with Gasteiger partial charge in [0.05, 0.1) is 40.4 Å². The van der Waals surface area contributed by atoms with Gasteiger partial charge >= 0.3 is 0 Å². The Morgan fingerprint density at radius 2 is 1.88 bits per heavy atom. The van der Waals surface area contributed by atoms with E-state index in [1.807, 2.05) is 44.3 Å². The summed E-state index contributed by atoms with van der Waals surface area (Å²) in [6, 6.07) is 15.4. The molecule has 2 aromatic carbocycles. The molecule has 3 N–H and O–H groups in total. The molecule has 210 valence electrons. The third-order valence-corrected chi connectivity index (χ3v) is 8.07. The van der Waals surface area contributed by atoms with Gasteiger partial charge in [0, 0.05) is 31.1 Å². The maximum absolute atomic E-state index is 13.6. The maximum Gasteiger partial charge on any atom is 0.269 e. The first kappa shape index (κ1) is 26.8. The van der Waals surface area contributed by atoms with Gasteiger partial charge in [0.1, 0.15) is 5.15 Å². The Morgan fingerprint density at radius 1 is 1.12 bits per heavy atom. The number of para-hydroxylation sites is 1. The smallest absolute Gasteiger partial charge is 0.269 e. The summed E-state index contributed by atoms with van der Waals surface area (Å²) in [5, 5.41) is 9.85. The first-order chi connectivity index (χ1) is 19.7. The lowest BCUT2D eigenvalue weighted by Crippen LogP contribution is -2.39. The maximum atomic E-state index is 13.6. The second-order valence-corrected chi connectivity index (χ2v) is 11.0. The summed E-state index contributed by atoms with van der Waals surface area (Å²) in [7, 11) is 1.78. The monoisotopic (exact) mass is 570 g/mol. The quantitative estimate of drug-likeness (QED) is 0.282. The van der Waals surface area contributed by atoms with Gasteiger partial charge in [0.15, 0.2) is 5.69 Å². The van der Waals surface area contributed by atoms with E-state index in [0.29, 0.717) is 22.5 Å². The molecule has 41 heavy (non-hydrogen) atoms. The van der Waals surface area contributed by atoms with E-state index in [0.717, 1.165) is 48.0 Å². The summed E-state index contributed by atoms with van der Waals surface area (Å²) in [6.07, 6.45) is 3.69. The molecule has 1 aliphatic heterocycles. The van der Waals surface area contributed by atoms with Crippen molar-refractivity contribution in [1.29, 1.82) is 0 Å². The minimum absolute atomic E-state index is 0.0544. The van der Waals surface area contributed by atoms with Crippen LogP contribution in [0.15, 0.2) is 59.5 Å². The summed E-state index contributed by atoms with van der Waals surface area (Å²) >= 11 is 6.00. The SMILES string of the molecule is Cc1cc(C(C)Nc2ccc(Cl)nc2C(N)=O)c2nc(N3CCC(n4ncc5ccccc54)CC3)n(C)c(=O)c2c1. The van der Waals surface area contributed by atoms with Crippen LogP contribution in [-0.4, -0.2) is 43.3 Å². The molecular weight excluding hydrogens is 540 g/mol. The average Bonchev–Trinajstić information content (AvgIpc) is 3.40. The molecule has 0 spiro atoms. The fraction of sp³-hybridized carbons (Fsp3) is 0.300. The molecule has 10 nitrogen and oxygen atoms in total. The molecule has 11 heteroatoms. The highest BCUT2D eigenvalue weighted by atomic mass is 35.5. The molecule has 1 aliphatic rings. The highest BCUT2D eigenvalue weighted by Crippen LogP contribution is 2.31. The number of carbonyl (C=O) groups excluding carboxylic acids is 1. The number of nitrogens with one attached hydrogen (secondary N) is 1. The average molecular weight is 571 g/mol. The van der Waals surface area contributed by atoms with Gasteiger partial charge in [0.2, 0.25) is 5.95 Å². The fourth-order valence-electron chi connectivity index (χ4n) is 5.80. The number of primary amides is 1. The lowest BCUT2D eigenvalue weighted by Gasteiger charge is -2.34. The highest BCUT2D eigenvalue weighted by Gasteiger charge is 2.26. The number of amides is 1. The molecule has 1 atom stereocenters. The summed E-state index contributed by atoms with van der Waals surface area (Å²) < 4.78 is 3.77. The zero-order valence-corrected chi connectivity index (χ0v) is 23.9. The fourth-order valence-corrected chi connectivity index (χ4v) is 5.95. The molecule has 0 radical (unpaired) electrons. The number of aromatic nitrogens is 5. The van der Waals surface area contributed by atoms with Crippen LogP contribution in [0.2, 0.25) is 5.15 Å². The van der Waals surface area contributed by atoms with Crippen LogP contribution in [0.25, 0.3) is 21.8 Å². The van der Waals surface area contributed by atoms with Gasteiger partial charge < -0.3 is 16.0 Å². The Labute approximate surface area is 241 Å². The molecule has 5 aromatic rings. The summed E-state index contributed by atoms with van der Waals surface area (Å²) in [4.78, 5) is 37.0. The number of benzene rings is 2. The molecule has 0 aliphatic carbocycles. The van der Waals surface area contributed by atoms with Gasteiger partial charge in [-0.25, -0.2) is 9.97 Å². The number of nitrogens with two attached hydrogens (primary N) is 1. The second kappa shape index (κ2) is 10.5. The number of hydrogen-bond acceptors (Lipinski definition) is 7. The van der Waals surface area contributed by atoms with Crippen molar-refractivity contribution in [3.63, 3.8) is 0 Å². The van der Waals surface area contributed by atoms with E-state index in [-0.39, 0.29) is 28.5 Å². The van der Waals surface area contributed by atoms with Gasteiger partial charge in [-0.15, -0.1) is 0 Å². The minimum Gasteiger partial charge on any atom is -0.377 e. The Kier molecular flexibility index (Phi) is 6.86. The Morgan fingerprint density at radius 3 is 2.63 bits per heavy atom. The van der Waals surface area contributed by atoms with E-state index in [2.05, 4.69) is 37.1 Å². The van der Waals surface area contributed by atoms with Crippen molar-refractivity contribution in [3.8, 4) is 0 Å². The third kappa shape index (κ3) is 4.88. The number of nitrogens with zero attached hydrogens (tertiary/aromatic N) is 6. The number of aryl methyl sites for hydroxylation is 1. The van der Waals surface area contributed by atoms with E-state index in [1.54, 1.807) is 23.7 Å². The van der Waals surface area contributed by atoms with Crippen LogP contribution in [0.1, 0.15) is 53.5 Å². The number of pyridine rings is 1. The summed E-state index contributed by atoms with van der Waals surface area (Å²) in [5.41, 5.74) is 9.49. The standard InChI is InChI=1S/C30H31ClN8O2/c1-17-14-21(18(2)34-23-8-9-25(31)35-27(23)28(32)40)26-22(15-17)29(41)37(3)30(36-26)38-12-10-20(11-13-38)39-24-7-5-4-6-19(24)16-33-39/h4-9,14-16,18,20,34H,10-13H2,1-3H3,(H2,32,40). The predicted octanol–water partition coefficient (Wildman–Crippen LogP) is 4.75. The van der Waals surface area contributed by atoms with Crippen LogP contribution in [0.4, 0.5) is 11.6 Å². The van der Waals surface area contributed by atoms with Crippen molar-refractivity contribution in [2.75, 3.05) is 23.3 Å². The molecule has 4 heterocycles. The molecule has 6 rings (SSSR count). The first-order valence-electron chi connectivity index (χ1n) is 13.6. The number of halogens is 1. The van der Waals surface area contributed by atoms with Crippen molar-refractivity contribution in [2.45, 2.75) is 38.8 Å². The minimum atomic E-state index is -0.683. The number of fused-ring (bicyclic) bond motifs is 2. The van der Waals surface area contributed by atoms with Crippen LogP contribution in [-0.2, 0) is 7.05 Å². The van der Waals surface area contributed by atoms with Gasteiger partial charge in [0.25, 0.3) is 11.5 Å². The number of piperidine rings is 1. The van der Waals surface area contributed by atoms with Crippen molar-refractivity contribution in [3.05, 3.63) is 87.1 Å². The molecule has 1 fully saturated rings. The van der Waals surface area contributed by atoms with E-state index < -0.39 is 5.91 Å². The topological polar surface area (TPSA) is 124 Å². The molecule has 0 bridgehead atoms. The van der Waals surface area contributed by atoms with Crippen molar-refractivity contribution >= 4 is 50.9 Å². The molecule has 3 aromatic heterocycles. The number of hydrogen-bond donors (Lipinski definition) is 2. The summed E-state index contributed by atoms with van der Waals surface area (Å²) in [5.74, 6) is -0.0494. The highest BCUT2D eigenvalue weighted by molar-refractivity contribution is 6.29. The molecule has 1 amide bonds. The molecule has 0 saturated carbocycles. The van der Waals surface area contributed by atoms with E-state index in [4.69, 9.17) is 22.3 Å². The predicted molar refractivity (Wildman–Crippen MR) is 162 cm³/mol. The van der Waals surface area contributed by atoms with Crippen LogP contribution in [0.5, 0.6) is 0 Å². The van der Waals surface area contributed by atoms with Crippen LogP contribution < -0.4 is 21.5 Å². The Balaban J connectivity index is 1.33. The van der Waals surface area contributed by atoms with E-state index >= 15 is 0 Å². The Hall–Kier alpha value is -4.44. The van der Waals surface area contributed by atoms with E-state index in [9.17, 15) is 9.59 Å². The number of rotatable bonds is 6. The second-order valence-electron chi connectivity index (χ2n) is 10.7. The molecular formula is C30H31ClN8O2. The van der Waals surface area contributed by atoms with Crippen molar-refractivity contribution in [1.82, 2.24) is 24.3 Å². The first-order valence-corrected chi connectivity index (χ1v) is 14.0. The lowest BCUT2D eigenvalue weighted by molar-refractivity contribution is 0.0996. The van der Waals surface area contributed by atoms with Gasteiger partial charge in [-0.2, -0.15) is 5.10 Å². The number of anilines is 2. The van der Waals surface area contributed by atoms with Gasteiger partial charge in [-0.3, -0.25) is 18.8 Å². The van der Waals surface area contributed by atoms with Crippen LogP contribution in [0.3, 0.4) is 0 Å². The van der Waals surface area contributed by atoms with E-state index in [1.165, 1.54) is 0 Å². The Bertz CT molecular complexity index is 1860. The van der Waals surface area contributed by atoms with Crippen molar-refractivity contribution < 1.29 is 4.79 Å². The lowest BCUT2D eigenvalue weighted by atomic mass is 10.0. The van der Waals surface area contributed by atoms with Crippen molar-refractivity contribution in [2.24, 2.45) is 12.8 Å². The van der Waals surface area contributed by atoms with Crippen LogP contribution >= 0.6 is 11.6 Å². The molecule has 1 unspecified atom stereocenters. The normalized spacial score (nSPS) is 15.0. The van der Waals surface area contributed by atoms with Crippen LogP contribution in [0, 0.1) is 6.92 Å². The third-order valence-electron chi connectivity index (χ3n) is 7.86. The van der Waals surface area contributed by atoms with Gasteiger partial charge in [-0.1, -0.05) is 35.9 Å². The zero-order chi connectivity index (χ0) is 28.8.